The number of hydrogen-bond acceptors (Lipinski definition) is 3. The number of carbonyl (C=O) groups excluding carboxylic acids is 2. The zero-order chi connectivity index (χ0) is 17.8. The fourth-order valence-corrected chi connectivity index (χ4v) is 4.73. The zero-order valence-corrected chi connectivity index (χ0v) is 15.0. The number of rotatable bonds is 4. The third kappa shape index (κ3) is 4.33. The average Bonchev–Trinajstić information content (AvgIpc) is 3.15. The average molecular weight is 350 g/mol. The Balaban J connectivity index is 1.59. The summed E-state index contributed by atoms with van der Waals surface area (Å²) in [4.78, 5) is 40.6. The van der Waals surface area contributed by atoms with Crippen LogP contribution in [0.15, 0.2) is 0 Å². The van der Waals surface area contributed by atoms with Gasteiger partial charge in [-0.05, 0) is 44.4 Å². The maximum absolute atomic E-state index is 13.1. The van der Waals surface area contributed by atoms with Crippen molar-refractivity contribution in [2.45, 2.75) is 57.8 Å². The Labute approximate surface area is 149 Å². The van der Waals surface area contributed by atoms with Crippen molar-refractivity contribution in [2.75, 3.05) is 26.2 Å². The highest BCUT2D eigenvalue weighted by atomic mass is 16.4. The van der Waals surface area contributed by atoms with Gasteiger partial charge < -0.3 is 14.9 Å². The Morgan fingerprint density at radius 1 is 0.720 bits per heavy atom. The molecule has 2 heterocycles. The second-order valence-electron chi connectivity index (χ2n) is 7.90. The molecular formula is C19H30N2O4. The number of likely N-dealkylation sites (tertiary alicyclic amines) is 2. The van der Waals surface area contributed by atoms with Crippen LogP contribution in [0.25, 0.3) is 0 Å². The lowest BCUT2D eigenvalue weighted by Gasteiger charge is -2.38. The first kappa shape index (κ1) is 18.2. The Hall–Kier alpha value is -1.59. The second kappa shape index (κ2) is 8.19. The molecule has 1 saturated carbocycles. The lowest BCUT2D eigenvalue weighted by molar-refractivity contribution is -0.148. The number of aliphatic carboxylic acids is 1. The van der Waals surface area contributed by atoms with Crippen LogP contribution in [0, 0.1) is 17.8 Å². The van der Waals surface area contributed by atoms with E-state index in [4.69, 9.17) is 5.11 Å². The minimum Gasteiger partial charge on any atom is -0.481 e. The molecule has 6 heteroatoms. The Morgan fingerprint density at radius 2 is 1.20 bits per heavy atom. The molecule has 2 atom stereocenters. The van der Waals surface area contributed by atoms with Crippen molar-refractivity contribution in [3.8, 4) is 0 Å². The number of piperidine rings is 1. The van der Waals surface area contributed by atoms with Crippen molar-refractivity contribution in [1.29, 1.82) is 0 Å². The minimum absolute atomic E-state index is 0.131. The van der Waals surface area contributed by atoms with E-state index < -0.39 is 5.97 Å². The molecule has 3 aliphatic rings. The molecule has 2 unspecified atom stereocenters. The van der Waals surface area contributed by atoms with Gasteiger partial charge in [0, 0.05) is 44.4 Å². The molecule has 25 heavy (non-hydrogen) atoms. The monoisotopic (exact) mass is 350 g/mol. The van der Waals surface area contributed by atoms with E-state index in [0.29, 0.717) is 13.1 Å². The lowest BCUT2D eigenvalue weighted by Crippen LogP contribution is -2.48. The summed E-state index contributed by atoms with van der Waals surface area (Å²) in [5.41, 5.74) is 0. The van der Waals surface area contributed by atoms with Gasteiger partial charge >= 0.3 is 5.97 Å². The molecule has 0 radical (unpaired) electrons. The molecular weight excluding hydrogens is 320 g/mol. The fourth-order valence-electron chi connectivity index (χ4n) is 4.73. The predicted octanol–water partition coefficient (Wildman–Crippen LogP) is 2.13. The van der Waals surface area contributed by atoms with Crippen molar-refractivity contribution in [3.05, 3.63) is 0 Å². The summed E-state index contributed by atoms with van der Waals surface area (Å²) in [5, 5.41) is 8.92. The maximum Gasteiger partial charge on any atom is 0.303 e. The number of nitrogens with zero attached hydrogens (tertiary/aromatic N) is 2. The van der Waals surface area contributed by atoms with Gasteiger partial charge in [0.1, 0.15) is 0 Å². The van der Waals surface area contributed by atoms with E-state index in [9.17, 15) is 14.4 Å². The molecule has 2 amide bonds. The number of amides is 2. The molecule has 0 bridgehead atoms. The van der Waals surface area contributed by atoms with E-state index in [1.54, 1.807) is 0 Å². The highest BCUT2D eigenvalue weighted by Gasteiger charge is 2.40. The van der Waals surface area contributed by atoms with Crippen LogP contribution in [0.4, 0.5) is 0 Å². The lowest BCUT2D eigenvalue weighted by atomic mass is 9.77. The summed E-state index contributed by atoms with van der Waals surface area (Å²) in [6.07, 6.45) is 7.58. The van der Waals surface area contributed by atoms with Gasteiger partial charge in [-0.2, -0.15) is 0 Å². The smallest absolute Gasteiger partial charge is 0.303 e. The molecule has 6 nitrogen and oxygen atoms in total. The molecule has 140 valence electrons. The highest BCUT2D eigenvalue weighted by molar-refractivity contribution is 5.88. The molecule has 0 aromatic rings. The van der Waals surface area contributed by atoms with Gasteiger partial charge in [-0.1, -0.05) is 12.8 Å². The van der Waals surface area contributed by atoms with E-state index in [1.165, 1.54) is 0 Å². The summed E-state index contributed by atoms with van der Waals surface area (Å²) >= 11 is 0. The zero-order valence-electron chi connectivity index (χ0n) is 15.0. The Kier molecular flexibility index (Phi) is 5.97. The molecule has 1 N–H and O–H groups in total. The van der Waals surface area contributed by atoms with Crippen LogP contribution >= 0.6 is 0 Å². The Bertz CT molecular complexity index is 508. The van der Waals surface area contributed by atoms with Crippen molar-refractivity contribution in [1.82, 2.24) is 9.80 Å². The van der Waals surface area contributed by atoms with Crippen molar-refractivity contribution in [2.24, 2.45) is 17.8 Å². The molecule has 0 spiro atoms. The van der Waals surface area contributed by atoms with Crippen molar-refractivity contribution in [3.63, 3.8) is 0 Å². The van der Waals surface area contributed by atoms with E-state index in [1.807, 2.05) is 9.80 Å². The summed E-state index contributed by atoms with van der Waals surface area (Å²) < 4.78 is 0. The van der Waals surface area contributed by atoms with E-state index in [-0.39, 0.29) is 36.0 Å². The molecule has 2 aliphatic heterocycles. The first-order valence-corrected chi connectivity index (χ1v) is 9.85. The minimum atomic E-state index is -0.756. The summed E-state index contributed by atoms with van der Waals surface area (Å²) in [7, 11) is 0. The highest BCUT2D eigenvalue weighted by Crippen LogP contribution is 2.34. The molecule has 3 fully saturated rings. The van der Waals surface area contributed by atoms with Crippen LogP contribution in [0.5, 0.6) is 0 Å². The SMILES string of the molecule is O=C(O)CC1CCN(C(=O)C2CCCCC2C(=O)N2CCCC2)CC1. The van der Waals surface area contributed by atoms with Crippen LogP contribution in [0.1, 0.15) is 57.8 Å². The molecule has 0 aromatic carbocycles. The third-order valence-corrected chi connectivity index (χ3v) is 6.21. The summed E-state index contributed by atoms with van der Waals surface area (Å²) in [6, 6.07) is 0. The number of carbonyl (C=O) groups is 3. The van der Waals surface area contributed by atoms with Crippen LogP contribution in [0.3, 0.4) is 0 Å². The first-order chi connectivity index (χ1) is 12.1. The standard InChI is InChI=1S/C19H30N2O4/c22-17(23)13-14-7-11-21(12-8-14)19(25)16-6-2-1-5-15(16)18(24)20-9-3-4-10-20/h14-16H,1-13H2,(H,22,23). The van der Waals surface area contributed by atoms with Gasteiger partial charge in [-0.3, -0.25) is 14.4 Å². The van der Waals surface area contributed by atoms with Crippen LogP contribution in [0.2, 0.25) is 0 Å². The topological polar surface area (TPSA) is 77.9 Å². The largest absolute Gasteiger partial charge is 0.481 e. The van der Waals surface area contributed by atoms with Crippen molar-refractivity contribution >= 4 is 17.8 Å². The van der Waals surface area contributed by atoms with Gasteiger partial charge in [-0.15, -0.1) is 0 Å². The number of carboxylic acid groups (broad SMARTS) is 1. The van der Waals surface area contributed by atoms with Gasteiger partial charge in [0.15, 0.2) is 0 Å². The molecule has 3 rings (SSSR count). The van der Waals surface area contributed by atoms with E-state index in [2.05, 4.69) is 0 Å². The molecule has 2 saturated heterocycles. The number of hydrogen-bond donors (Lipinski definition) is 1. The van der Waals surface area contributed by atoms with E-state index in [0.717, 1.165) is 64.5 Å². The quantitative estimate of drug-likeness (QED) is 0.842. The first-order valence-electron chi connectivity index (χ1n) is 9.85. The van der Waals surface area contributed by atoms with Crippen LogP contribution in [-0.4, -0.2) is 58.9 Å². The van der Waals surface area contributed by atoms with Gasteiger partial charge in [0.25, 0.3) is 0 Å². The molecule has 1 aliphatic carbocycles. The van der Waals surface area contributed by atoms with Crippen LogP contribution < -0.4 is 0 Å². The normalized spacial score (nSPS) is 28.2. The third-order valence-electron chi connectivity index (χ3n) is 6.21. The second-order valence-corrected chi connectivity index (χ2v) is 7.90. The summed E-state index contributed by atoms with van der Waals surface area (Å²) in [5.74, 6) is -0.570. The fraction of sp³-hybridized carbons (Fsp3) is 0.842. The van der Waals surface area contributed by atoms with E-state index >= 15 is 0 Å². The van der Waals surface area contributed by atoms with Gasteiger partial charge in [0.2, 0.25) is 11.8 Å². The van der Waals surface area contributed by atoms with Gasteiger partial charge in [0.05, 0.1) is 0 Å². The summed E-state index contributed by atoms with van der Waals surface area (Å²) in [6.45, 7) is 2.96. The molecule has 0 aromatic heterocycles. The van der Waals surface area contributed by atoms with Crippen LogP contribution in [-0.2, 0) is 14.4 Å². The van der Waals surface area contributed by atoms with Gasteiger partial charge in [-0.25, -0.2) is 0 Å². The Morgan fingerprint density at radius 3 is 1.68 bits per heavy atom. The predicted molar refractivity (Wildman–Crippen MR) is 92.8 cm³/mol. The number of carboxylic acids is 1. The van der Waals surface area contributed by atoms with Crippen molar-refractivity contribution < 1.29 is 19.5 Å². The maximum atomic E-state index is 13.1.